The third-order valence-electron chi connectivity index (χ3n) is 5.11. The fourth-order valence-corrected chi connectivity index (χ4v) is 4.44. The summed E-state index contributed by atoms with van der Waals surface area (Å²) < 4.78 is 12.3. The highest BCUT2D eigenvalue weighted by atomic mass is 32.1. The van der Waals surface area contributed by atoms with E-state index in [0.717, 1.165) is 51.1 Å². The minimum absolute atomic E-state index is 0.0472. The van der Waals surface area contributed by atoms with Gasteiger partial charge >= 0.3 is 0 Å². The zero-order valence-electron chi connectivity index (χ0n) is 13.9. The molecule has 2 aromatic heterocycles. The van der Waals surface area contributed by atoms with Gasteiger partial charge in [-0.1, -0.05) is 12.1 Å². The second kappa shape index (κ2) is 7.31. The van der Waals surface area contributed by atoms with Crippen molar-refractivity contribution in [3.63, 3.8) is 0 Å². The highest BCUT2D eigenvalue weighted by Gasteiger charge is 2.43. The molecule has 2 aliphatic heterocycles. The maximum atomic E-state index is 6.20. The van der Waals surface area contributed by atoms with Crippen LogP contribution in [0.4, 0.5) is 0 Å². The summed E-state index contributed by atoms with van der Waals surface area (Å²) in [6, 6.07) is 8.37. The normalized spacial score (nSPS) is 23.8. The molecule has 0 N–H and O–H groups in total. The highest BCUT2D eigenvalue weighted by molar-refractivity contribution is 7.09. The van der Waals surface area contributed by atoms with Gasteiger partial charge in [-0.2, -0.15) is 0 Å². The second-order valence-corrected chi connectivity index (χ2v) is 7.88. The molecule has 0 saturated carbocycles. The number of thiophene rings is 1. The molecule has 4 heterocycles. The molecule has 4 rings (SSSR count). The van der Waals surface area contributed by atoms with E-state index in [1.165, 1.54) is 4.88 Å². The minimum atomic E-state index is 0.0472. The first kappa shape index (κ1) is 16.2. The number of piperidine rings is 1. The summed E-state index contributed by atoms with van der Waals surface area (Å²) in [7, 11) is 0. The quantitative estimate of drug-likeness (QED) is 0.832. The van der Waals surface area contributed by atoms with Gasteiger partial charge in [-0.25, -0.2) is 0 Å². The molecule has 4 nitrogen and oxygen atoms in total. The standard InChI is InChI=1S/C19H24N2O2S/c1-3-16(12-20-7-1)14-22-17-11-19(23-15-17)5-8-21(9-6-19)13-18-4-2-10-24-18/h1-4,7,10,12,17H,5-6,8-9,11,13-15H2/t17-/m0/s1. The predicted octanol–water partition coefficient (Wildman–Crippen LogP) is 3.48. The van der Waals surface area contributed by atoms with Crippen molar-refractivity contribution in [3.05, 3.63) is 52.5 Å². The second-order valence-electron chi connectivity index (χ2n) is 6.85. The molecule has 5 heteroatoms. The molecule has 0 amide bonds. The van der Waals surface area contributed by atoms with Crippen molar-refractivity contribution < 1.29 is 9.47 Å². The van der Waals surface area contributed by atoms with Crippen molar-refractivity contribution in [2.45, 2.75) is 44.1 Å². The molecule has 0 unspecified atom stereocenters. The van der Waals surface area contributed by atoms with Gasteiger partial charge in [-0.3, -0.25) is 9.88 Å². The third-order valence-corrected chi connectivity index (χ3v) is 5.97. The Morgan fingerprint density at radius 1 is 1.29 bits per heavy atom. The van der Waals surface area contributed by atoms with E-state index in [9.17, 15) is 0 Å². The number of hydrogen-bond acceptors (Lipinski definition) is 5. The molecular formula is C19H24N2O2S. The Labute approximate surface area is 147 Å². The van der Waals surface area contributed by atoms with Crippen LogP contribution < -0.4 is 0 Å². The van der Waals surface area contributed by atoms with Gasteiger partial charge < -0.3 is 9.47 Å². The maximum absolute atomic E-state index is 6.20. The summed E-state index contributed by atoms with van der Waals surface area (Å²) in [5.41, 5.74) is 1.18. The maximum Gasteiger partial charge on any atom is 0.0840 e. The Hall–Kier alpha value is -1.27. The molecule has 24 heavy (non-hydrogen) atoms. The SMILES string of the molecule is c1cncc(CO[C@@H]2COC3(CCN(Cc4cccs4)CC3)C2)c1. The molecule has 0 radical (unpaired) electrons. The fourth-order valence-electron chi connectivity index (χ4n) is 3.70. The number of nitrogens with zero attached hydrogens (tertiary/aromatic N) is 2. The average molecular weight is 344 g/mol. The summed E-state index contributed by atoms with van der Waals surface area (Å²) >= 11 is 1.85. The van der Waals surface area contributed by atoms with Gasteiger partial charge in [-0.05, 0) is 35.9 Å². The molecule has 2 aromatic rings. The summed E-state index contributed by atoms with van der Waals surface area (Å²) in [5.74, 6) is 0. The molecule has 0 bridgehead atoms. The molecule has 0 aliphatic carbocycles. The lowest BCUT2D eigenvalue weighted by atomic mass is 9.88. The molecule has 2 saturated heterocycles. The molecule has 2 fully saturated rings. The van der Waals surface area contributed by atoms with Crippen molar-refractivity contribution in [2.24, 2.45) is 0 Å². The average Bonchev–Trinajstić information content (AvgIpc) is 3.27. The number of ether oxygens (including phenoxy) is 2. The Morgan fingerprint density at radius 3 is 2.96 bits per heavy atom. The van der Waals surface area contributed by atoms with Crippen molar-refractivity contribution in [3.8, 4) is 0 Å². The Balaban J connectivity index is 1.24. The van der Waals surface area contributed by atoms with Crippen LogP contribution in [-0.4, -0.2) is 41.3 Å². The summed E-state index contributed by atoms with van der Waals surface area (Å²) in [6.07, 6.45) is 7.14. The molecular weight excluding hydrogens is 320 g/mol. The number of aromatic nitrogens is 1. The largest absolute Gasteiger partial charge is 0.372 e. The van der Waals surface area contributed by atoms with Crippen molar-refractivity contribution >= 4 is 11.3 Å². The number of pyridine rings is 1. The molecule has 2 aliphatic rings. The van der Waals surface area contributed by atoms with E-state index in [2.05, 4.69) is 33.5 Å². The summed E-state index contributed by atoms with van der Waals surface area (Å²) in [5, 5.41) is 2.16. The number of likely N-dealkylation sites (tertiary alicyclic amines) is 1. The lowest BCUT2D eigenvalue weighted by Crippen LogP contribution is -2.43. The van der Waals surface area contributed by atoms with Crippen molar-refractivity contribution in [2.75, 3.05) is 19.7 Å². The van der Waals surface area contributed by atoms with E-state index in [0.29, 0.717) is 6.61 Å². The molecule has 1 atom stereocenters. The van der Waals surface area contributed by atoms with Crippen LogP contribution in [0.15, 0.2) is 42.0 Å². The van der Waals surface area contributed by atoms with Gasteiger partial charge in [0.15, 0.2) is 0 Å². The van der Waals surface area contributed by atoms with E-state index in [-0.39, 0.29) is 11.7 Å². The summed E-state index contributed by atoms with van der Waals surface area (Å²) in [6.45, 7) is 4.67. The van der Waals surface area contributed by atoms with Crippen LogP contribution in [0.3, 0.4) is 0 Å². The van der Waals surface area contributed by atoms with Gasteiger partial charge in [-0.15, -0.1) is 11.3 Å². The van der Waals surface area contributed by atoms with Crippen LogP contribution in [0.2, 0.25) is 0 Å². The van der Waals surface area contributed by atoms with Crippen LogP contribution in [0.1, 0.15) is 29.7 Å². The lowest BCUT2D eigenvalue weighted by molar-refractivity contribution is -0.0467. The van der Waals surface area contributed by atoms with Crippen LogP contribution in [-0.2, 0) is 22.6 Å². The van der Waals surface area contributed by atoms with Crippen LogP contribution in [0.25, 0.3) is 0 Å². The first-order valence-electron chi connectivity index (χ1n) is 8.71. The fraction of sp³-hybridized carbons (Fsp3) is 0.526. The monoisotopic (exact) mass is 344 g/mol. The van der Waals surface area contributed by atoms with Crippen LogP contribution in [0, 0.1) is 0 Å². The van der Waals surface area contributed by atoms with Gasteiger partial charge in [0.2, 0.25) is 0 Å². The molecule has 0 aromatic carbocycles. The Bertz CT molecular complexity index is 624. The van der Waals surface area contributed by atoms with Gasteiger partial charge in [0.25, 0.3) is 0 Å². The van der Waals surface area contributed by atoms with E-state index in [4.69, 9.17) is 9.47 Å². The van der Waals surface area contributed by atoms with E-state index < -0.39 is 0 Å². The number of hydrogen-bond donors (Lipinski definition) is 0. The minimum Gasteiger partial charge on any atom is -0.372 e. The first-order valence-corrected chi connectivity index (χ1v) is 9.59. The van der Waals surface area contributed by atoms with Crippen molar-refractivity contribution in [1.82, 2.24) is 9.88 Å². The van der Waals surface area contributed by atoms with Gasteiger partial charge in [0.05, 0.1) is 24.9 Å². The molecule has 1 spiro atoms. The predicted molar refractivity (Wildman–Crippen MR) is 94.9 cm³/mol. The smallest absolute Gasteiger partial charge is 0.0840 e. The van der Waals surface area contributed by atoms with Crippen molar-refractivity contribution in [1.29, 1.82) is 0 Å². The van der Waals surface area contributed by atoms with Crippen LogP contribution in [0.5, 0.6) is 0 Å². The Morgan fingerprint density at radius 2 is 2.21 bits per heavy atom. The molecule has 128 valence electrons. The topological polar surface area (TPSA) is 34.6 Å². The van der Waals surface area contributed by atoms with E-state index in [1.807, 2.05) is 23.6 Å². The Kier molecular flexibility index (Phi) is 4.94. The van der Waals surface area contributed by atoms with E-state index in [1.54, 1.807) is 6.20 Å². The summed E-state index contributed by atoms with van der Waals surface area (Å²) in [4.78, 5) is 8.14. The van der Waals surface area contributed by atoms with Gasteiger partial charge in [0.1, 0.15) is 0 Å². The highest BCUT2D eigenvalue weighted by Crippen LogP contribution is 2.37. The lowest BCUT2D eigenvalue weighted by Gasteiger charge is -2.38. The number of rotatable bonds is 5. The zero-order valence-corrected chi connectivity index (χ0v) is 14.7. The van der Waals surface area contributed by atoms with E-state index >= 15 is 0 Å². The third kappa shape index (κ3) is 3.86. The zero-order chi connectivity index (χ0) is 16.2. The van der Waals surface area contributed by atoms with Crippen LogP contribution >= 0.6 is 11.3 Å². The van der Waals surface area contributed by atoms with Gasteiger partial charge in [0, 0.05) is 43.3 Å². The first-order chi connectivity index (χ1) is 11.8.